The number of aliphatic hydroxyl groups is 1. The van der Waals surface area contributed by atoms with Crippen molar-refractivity contribution in [2.75, 3.05) is 40.5 Å². The second-order valence-electron chi connectivity index (χ2n) is 8.63. The molecule has 0 saturated heterocycles. The maximum absolute atomic E-state index is 13.4. The van der Waals surface area contributed by atoms with Crippen LogP contribution >= 0.6 is 0 Å². The number of hydrogen-bond donors (Lipinski definition) is 1. The van der Waals surface area contributed by atoms with Crippen LogP contribution in [0.2, 0.25) is 0 Å². The maximum atomic E-state index is 13.4. The van der Waals surface area contributed by atoms with Crippen LogP contribution in [0.3, 0.4) is 0 Å². The van der Waals surface area contributed by atoms with Crippen LogP contribution in [0.1, 0.15) is 32.3 Å². The third kappa shape index (κ3) is 5.44. The minimum Gasteiger partial charge on any atom is -0.487 e. The Balaban J connectivity index is 2.01. The van der Waals surface area contributed by atoms with Crippen molar-refractivity contribution in [2.24, 2.45) is 11.8 Å². The van der Waals surface area contributed by atoms with Crippen molar-refractivity contribution in [1.29, 1.82) is 0 Å². The SMILES string of the molecule is COCC#Cc1ccc2c(c1)O[C@@H](CN(C)C(=O)C1CC1)[C@H](C)CN([C@H](C)CO)S2(=O)=O. The van der Waals surface area contributed by atoms with Gasteiger partial charge < -0.3 is 19.5 Å². The molecule has 0 aromatic heterocycles. The highest BCUT2D eigenvalue weighted by molar-refractivity contribution is 7.89. The van der Waals surface area contributed by atoms with E-state index in [0.717, 1.165) is 12.8 Å². The standard InChI is InChI=1S/C23H32N2O6S/c1-16-13-25(17(2)15-26)32(28,29)22-10-7-18(6-5-11-30-4)12-20(22)31-21(16)14-24(3)23(27)19-8-9-19/h7,10,12,16-17,19,21,26H,8-9,11,13-15H2,1-4H3/t16-,17-,21+/m1/s1. The Bertz CT molecular complexity index is 995. The highest BCUT2D eigenvalue weighted by Gasteiger charge is 2.39. The van der Waals surface area contributed by atoms with E-state index in [1.807, 2.05) is 6.92 Å². The summed E-state index contributed by atoms with van der Waals surface area (Å²) in [5, 5.41) is 9.71. The zero-order valence-electron chi connectivity index (χ0n) is 19.1. The van der Waals surface area contributed by atoms with E-state index >= 15 is 0 Å². The first-order chi connectivity index (χ1) is 15.2. The average molecular weight is 465 g/mol. The predicted octanol–water partition coefficient (Wildman–Crippen LogP) is 1.32. The summed E-state index contributed by atoms with van der Waals surface area (Å²) in [4.78, 5) is 14.2. The number of amides is 1. The summed E-state index contributed by atoms with van der Waals surface area (Å²) in [6.45, 7) is 4.06. The lowest BCUT2D eigenvalue weighted by atomic mass is 10.0. The molecule has 3 atom stereocenters. The molecule has 0 spiro atoms. The first kappa shape index (κ1) is 24.5. The lowest BCUT2D eigenvalue weighted by molar-refractivity contribution is -0.132. The highest BCUT2D eigenvalue weighted by Crippen LogP contribution is 2.35. The molecule has 176 valence electrons. The van der Waals surface area contributed by atoms with Crippen LogP contribution in [-0.2, 0) is 19.6 Å². The smallest absolute Gasteiger partial charge is 0.247 e. The van der Waals surface area contributed by atoms with Crippen LogP contribution in [0, 0.1) is 23.7 Å². The van der Waals surface area contributed by atoms with Crippen LogP contribution in [-0.4, -0.2) is 81.2 Å². The molecular formula is C23H32N2O6S. The van der Waals surface area contributed by atoms with Gasteiger partial charge in [0.25, 0.3) is 0 Å². The molecule has 32 heavy (non-hydrogen) atoms. The lowest BCUT2D eigenvalue weighted by Gasteiger charge is -2.37. The summed E-state index contributed by atoms with van der Waals surface area (Å²) in [6, 6.07) is 4.14. The Labute approximate surface area is 190 Å². The summed E-state index contributed by atoms with van der Waals surface area (Å²) in [5.41, 5.74) is 0.604. The number of likely N-dealkylation sites (N-methyl/N-ethyl adjacent to an activating group) is 1. The van der Waals surface area contributed by atoms with E-state index in [4.69, 9.17) is 9.47 Å². The van der Waals surface area contributed by atoms with Gasteiger partial charge in [0.1, 0.15) is 23.4 Å². The van der Waals surface area contributed by atoms with Crippen molar-refractivity contribution in [3.63, 3.8) is 0 Å². The van der Waals surface area contributed by atoms with Crippen LogP contribution in [0.15, 0.2) is 23.1 Å². The van der Waals surface area contributed by atoms with Crippen LogP contribution in [0.4, 0.5) is 0 Å². The predicted molar refractivity (Wildman–Crippen MR) is 120 cm³/mol. The molecule has 1 aliphatic heterocycles. The topological polar surface area (TPSA) is 96.4 Å². The normalized spacial score (nSPS) is 23.5. The number of fused-ring (bicyclic) bond motifs is 1. The highest BCUT2D eigenvalue weighted by atomic mass is 32.2. The number of rotatable bonds is 6. The number of ether oxygens (including phenoxy) is 2. The van der Waals surface area contributed by atoms with Crippen molar-refractivity contribution in [3.8, 4) is 17.6 Å². The number of carbonyl (C=O) groups is 1. The van der Waals surface area contributed by atoms with Crippen molar-refractivity contribution >= 4 is 15.9 Å². The molecule has 0 bridgehead atoms. The fraction of sp³-hybridized carbons (Fsp3) is 0.609. The molecule has 1 N–H and O–H groups in total. The van der Waals surface area contributed by atoms with Gasteiger partial charge in [-0.3, -0.25) is 4.79 Å². The van der Waals surface area contributed by atoms with Gasteiger partial charge >= 0.3 is 0 Å². The maximum Gasteiger partial charge on any atom is 0.247 e. The van der Waals surface area contributed by atoms with E-state index in [9.17, 15) is 18.3 Å². The molecule has 1 aromatic carbocycles. The van der Waals surface area contributed by atoms with E-state index in [2.05, 4.69) is 11.8 Å². The Morgan fingerprint density at radius 3 is 2.75 bits per heavy atom. The van der Waals surface area contributed by atoms with Gasteiger partial charge in [-0.2, -0.15) is 4.31 Å². The summed E-state index contributed by atoms with van der Waals surface area (Å²) in [6.07, 6.45) is 1.40. The van der Waals surface area contributed by atoms with Gasteiger partial charge in [-0.15, -0.1) is 0 Å². The first-order valence-electron chi connectivity index (χ1n) is 10.8. The third-order valence-electron chi connectivity index (χ3n) is 5.87. The second-order valence-corrected chi connectivity index (χ2v) is 10.5. The van der Waals surface area contributed by atoms with Crippen molar-refractivity contribution in [1.82, 2.24) is 9.21 Å². The van der Waals surface area contributed by atoms with Crippen LogP contribution in [0.25, 0.3) is 0 Å². The lowest BCUT2D eigenvalue weighted by Crippen LogP contribution is -2.50. The minimum absolute atomic E-state index is 0.0307. The van der Waals surface area contributed by atoms with Gasteiger partial charge in [-0.1, -0.05) is 18.8 Å². The van der Waals surface area contributed by atoms with E-state index in [1.54, 1.807) is 38.1 Å². The quantitative estimate of drug-likeness (QED) is 0.638. The summed E-state index contributed by atoms with van der Waals surface area (Å²) >= 11 is 0. The van der Waals surface area contributed by atoms with Gasteiger partial charge in [-0.05, 0) is 38.0 Å². The number of hydrogen-bond acceptors (Lipinski definition) is 6. The largest absolute Gasteiger partial charge is 0.487 e. The van der Waals surface area contributed by atoms with E-state index < -0.39 is 22.2 Å². The average Bonchev–Trinajstić information content (AvgIpc) is 3.60. The number of benzene rings is 1. The fourth-order valence-electron chi connectivity index (χ4n) is 3.73. The van der Waals surface area contributed by atoms with E-state index in [1.165, 1.54) is 10.4 Å². The van der Waals surface area contributed by atoms with Gasteiger partial charge in [-0.25, -0.2) is 8.42 Å². The first-order valence-corrected chi connectivity index (χ1v) is 12.3. The summed E-state index contributed by atoms with van der Waals surface area (Å²) in [5.74, 6) is 5.97. The zero-order chi connectivity index (χ0) is 23.5. The van der Waals surface area contributed by atoms with Gasteiger partial charge in [0.2, 0.25) is 15.9 Å². The molecule has 0 unspecified atom stereocenters. The number of sulfonamides is 1. The molecule has 1 heterocycles. The van der Waals surface area contributed by atoms with Gasteiger partial charge in [0.15, 0.2) is 0 Å². The zero-order valence-corrected chi connectivity index (χ0v) is 19.9. The Kier molecular flexibility index (Phi) is 7.83. The summed E-state index contributed by atoms with van der Waals surface area (Å²) < 4.78 is 39.4. The van der Waals surface area contributed by atoms with Crippen LogP contribution < -0.4 is 4.74 Å². The third-order valence-corrected chi connectivity index (χ3v) is 7.89. The molecule has 8 nitrogen and oxygen atoms in total. The number of nitrogens with zero attached hydrogens (tertiary/aromatic N) is 2. The van der Waals surface area contributed by atoms with Crippen LogP contribution in [0.5, 0.6) is 5.75 Å². The summed E-state index contributed by atoms with van der Waals surface area (Å²) in [7, 11) is -0.599. The molecule has 1 amide bonds. The molecule has 1 aromatic rings. The molecule has 1 aliphatic carbocycles. The number of carbonyl (C=O) groups excluding carboxylic acids is 1. The number of methoxy groups -OCH3 is 1. The molecule has 1 saturated carbocycles. The van der Waals surface area contributed by atoms with Gasteiger partial charge in [0, 0.05) is 44.1 Å². The molecule has 3 rings (SSSR count). The van der Waals surface area contributed by atoms with E-state index in [0.29, 0.717) is 12.1 Å². The molecule has 2 aliphatic rings. The van der Waals surface area contributed by atoms with Crippen molar-refractivity contribution in [3.05, 3.63) is 23.8 Å². The minimum atomic E-state index is -3.91. The molecule has 9 heteroatoms. The monoisotopic (exact) mass is 464 g/mol. The Hall–Kier alpha value is -2.12. The fourth-order valence-corrected chi connectivity index (χ4v) is 5.56. The molecular weight excluding hydrogens is 432 g/mol. The Morgan fingerprint density at radius 1 is 1.41 bits per heavy atom. The van der Waals surface area contributed by atoms with Gasteiger partial charge in [0.05, 0.1) is 13.2 Å². The molecule has 0 radical (unpaired) electrons. The van der Waals surface area contributed by atoms with Crippen molar-refractivity contribution < 1.29 is 27.8 Å². The van der Waals surface area contributed by atoms with Crippen molar-refractivity contribution in [2.45, 2.75) is 43.7 Å². The number of aliphatic hydroxyl groups excluding tert-OH is 1. The molecule has 1 fully saturated rings. The Morgan fingerprint density at radius 2 is 2.12 bits per heavy atom. The second kappa shape index (κ2) is 10.2. The van der Waals surface area contributed by atoms with E-state index in [-0.39, 0.29) is 48.1 Å².